The molecule has 5 nitrogen and oxygen atoms in total. The van der Waals surface area contributed by atoms with E-state index in [4.69, 9.17) is 0 Å². The van der Waals surface area contributed by atoms with E-state index in [-0.39, 0.29) is 11.8 Å². The van der Waals surface area contributed by atoms with Crippen molar-refractivity contribution in [2.24, 2.45) is 0 Å². The van der Waals surface area contributed by atoms with Crippen molar-refractivity contribution in [3.63, 3.8) is 0 Å². The van der Waals surface area contributed by atoms with Crippen molar-refractivity contribution < 1.29 is 9.59 Å². The first-order valence-corrected chi connectivity index (χ1v) is 11.4. The number of thioether (sulfide) groups is 1. The number of amides is 2. The Morgan fingerprint density at radius 3 is 2.34 bits per heavy atom. The van der Waals surface area contributed by atoms with Gasteiger partial charge >= 0.3 is 0 Å². The Bertz CT molecular complexity index is 862. The largest absolute Gasteiger partial charge is 0.339 e. The fourth-order valence-corrected chi connectivity index (χ4v) is 4.75. The maximum absolute atomic E-state index is 12.5. The minimum absolute atomic E-state index is 0.00705. The molecular formula is C22H26BrN3O2S. The molecule has 3 rings (SSSR count). The van der Waals surface area contributed by atoms with Crippen molar-refractivity contribution in [1.82, 2.24) is 9.80 Å². The number of nitrogens with one attached hydrogen (secondary N) is 1. The van der Waals surface area contributed by atoms with Crippen molar-refractivity contribution >= 4 is 45.2 Å². The van der Waals surface area contributed by atoms with Crippen LogP contribution in [0.5, 0.6) is 0 Å². The lowest BCUT2D eigenvalue weighted by atomic mass is 10.1. The van der Waals surface area contributed by atoms with E-state index in [1.807, 2.05) is 61.2 Å². The number of halogens is 1. The maximum atomic E-state index is 12.5. The Morgan fingerprint density at radius 1 is 1.03 bits per heavy atom. The maximum Gasteiger partial charge on any atom is 0.238 e. The molecule has 154 valence electrons. The fraction of sp³-hybridized carbons (Fsp3) is 0.364. The van der Waals surface area contributed by atoms with E-state index in [9.17, 15) is 9.59 Å². The van der Waals surface area contributed by atoms with Gasteiger partial charge in [0.25, 0.3) is 0 Å². The number of rotatable bonds is 6. The van der Waals surface area contributed by atoms with E-state index in [2.05, 4.69) is 26.1 Å². The average Bonchev–Trinajstić information content (AvgIpc) is 2.70. The van der Waals surface area contributed by atoms with Crippen LogP contribution in [-0.2, 0) is 9.59 Å². The monoisotopic (exact) mass is 475 g/mol. The van der Waals surface area contributed by atoms with Crippen molar-refractivity contribution in [3.8, 4) is 0 Å². The average molecular weight is 476 g/mol. The number of para-hydroxylation sites is 1. The second kappa shape index (κ2) is 10.3. The van der Waals surface area contributed by atoms with Gasteiger partial charge < -0.3 is 10.2 Å². The molecule has 1 N–H and O–H groups in total. The summed E-state index contributed by atoms with van der Waals surface area (Å²) >= 11 is 5.01. The van der Waals surface area contributed by atoms with Gasteiger partial charge in [-0.3, -0.25) is 14.5 Å². The highest BCUT2D eigenvalue weighted by Gasteiger charge is 2.22. The Balaban J connectivity index is 1.42. The van der Waals surface area contributed by atoms with Crippen LogP contribution in [0.15, 0.2) is 51.8 Å². The molecule has 0 bridgehead atoms. The van der Waals surface area contributed by atoms with Crippen LogP contribution >= 0.6 is 27.7 Å². The topological polar surface area (TPSA) is 52.7 Å². The zero-order valence-corrected chi connectivity index (χ0v) is 19.2. The minimum atomic E-state index is -0.00705. The Kier molecular flexibility index (Phi) is 7.75. The number of piperazine rings is 1. The second-order valence-electron chi connectivity index (χ2n) is 7.22. The van der Waals surface area contributed by atoms with Gasteiger partial charge in [-0.25, -0.2) is 0 Å². The number of hydrogen-bond acceptors (Lipinski definition) is 4. The third kappa shape index (κ3) is 6.32. The lowest BCUT2D eigenvalue weighted by Gasteiger charge is -2.34. The summed E-state index contributed by atoms with van der Waals surface area (Å²) in [7, 11) is 0. The fourth-order valence-electron chi connectivity index (χ4n) is 3.34. The molecule has 1 aliphatic rings. The predicted molar refractivity (Wildman–Crippen MR) is 122 cm³/mol. The molecule has 29 heavy (non-hydrogen) atoms. The quantitative estimate of drug-likeness (QED) is 0.642. The molecule has 2 aromatic carbocycles. The summed E-state index contributed by atoms with van der Waals surface area (Å²) in [6, 6.07) is 14.0. The van der Waals surface area contributed by atoms with Crippen molar-refractivity contribution in [3.05, 3.63) is 58.1 Å². The Morgan fingerprint density at radius 2 is 1.69 bits per heavy atom. The number of anilines is 1. The Hall–Kier alpha value is -1.83. The molecule has 2 amide bonds. The van der Waals surface area contributed by atoms with E-state index in [1.165, 1.54) is 0 Å². The summed E-state index contributed by atoms with van der Waals surface area (Å²) in [6.45, 7) is 7.10. The summed E-state index contributed by atoms with van der Waals surface area (Å²) in [5.41, 5.74) is 3.03. The molecular weight excluding hydrogens is 450 g/mol. The third-order valence-corrected chi connectivity index (χ3v) is 6.47. The minimum Gasteiger partial charge on any atom is -0.339 e. The first-order chi connectivity index (χ1) is 13.9. The number of carbonyl (C=O) groups is 2. The smallest absolute Gasteiger partial charge is 0.238 e. The highest BCUT2D eigenvalue weighted by molar-refractivity contribution is 9.10. The summed E-state index contributed by atoms with van der Waals surface area (Å²) in [6.07, 6.45) is 0. The molecule has 0 radical (unpaired) electrons. The molecule has 0 saturated carbocycles. The van der Waals surface area contributed by atoms with E-state index in [1.54, 1.807) is 11.8 Å². The van der Waals surface area contributed by atoms with E-state index >= 15 is 0 Å². The lowest BCUT2D eigenvalue weighted by Crippen LogP contribution is -2.50. The second-order valence-corrected chi connectivity index (χ2v) is 9.18. The first kappa shape index (κ1) is 21.9. The van der Waals surface area contributed by atoms with Gasteiger partial charge in [0.05, 0.1) is 12.3 Å². The van der Waals surface area contributed by atoms with Gasteiger partial charge in [-0.05, 0) is 43.2 Å². The number of hydrogen-bond donors (Lipinski definition) is 1. The van der Waals surface area contributed by atoms with Crippen LogP contribution < -0.4 is 5.32 Å². The van der Waals surface area contributed by atoms with Gasteiger partial charge in [-0.1, -0.05) is 40.2 Å². The summed E-state index contributed by atoms with van der Waals surface area (Å²) in [4.78, 5) is 30.0. The van der Waals surface area contributed by atoms with Crippen LogP contribution in [0.4, 0.5) is 5.69 Å². The first-order valence-electron chi connectivity index (χ1n) is 9.67. The molecule has 7 heteroatoms. The molecule has 0 spiro atoms. The van der Waals surface area contributed by atoms with Gasteiger partial charge in [-0.2, -0.15) is 0 Å². The summed E-state index contributed by atoms with van der Waals surface area (Å²) in [5.74, 6) is 0.575. The molecule has 1 aliphatic heterocycles. The van der Waals surface area contributed by atoms with Crippen LogP contribution in [0, 0.1) is 13.8 Å². The number of aryl methyl sites for hydroxylation is 2. The van der Waals surface area contributed by atoms with E-state index in [0.29, 0.717) is 38.5 Å². The van der Waals surface area contributed by atoms with Crippen LogP contribution in [0.25, 0.3) is 0 Å². The highest BCUT2D eigenvalue weighted by Crippen LogP contribution is 2.22. The normalized spacial score (nSPS) is 14.7. The SMILES string of the molecule is Cc1cccc(C)c1NC(=O)CN1CCN(C(=O)CSc2cccc(Br)c2)CC1. The Labute approximate surface area is 185 Å². The summed E-state index contributed by atoms with van der Waals surface area (Å²) < 4.78 is 1.02. The third-order valence-electron chi connectivity index (χ3n) is 5.00. The summed E-state index contributed by atoms with van der Waals surface area (Å²) in [5, 5.41) is 3.03. The zero-order chi connectivity index (χ0) is 20.8. The van der Waals surface area contributed by atoms with E-state index in [0.717, 1.165) is 26.2 Å². The van der Waals surface area contributed by atoms with Crippen LogP contribution in [0.1, 0.15) is 11.1 Å². The van der Waals surface area contributed by atoms with Crippen LogP contribution in [0.3, 0.4) is 0 Å². The molecule has 0 unspecified atom stereocenters. The molecule has 0 aliphatic carbocycles. The zero-order valence-electron chi connectivity index (χ0n) is 16.8. The van der Waals surface area contributed by atoms with Gasteiger partial charge in [0.15, 0.2) is 0 Å². The van der Waals surface area contributed by atoms with Gasteiger partial charge in [0.2, 0.25) is 11.8 Å². The van der Waals surface area contributed by atoms with Gasteiger partial charge in [0.1, 0.15) is 0 Å². The predicted octanol–water partition coefficient (Wildman–Crippen LogP) is 3.94. The number of carbonyl (C=O) groups excluding carboxylic acids is 2. The van der Waals surface area contributed by atoms with Gasteiger partial charge in [0, 0.05) is 41.2 Å². The molecule has 0 atom stereocenters. The van der Waals surface area contributed by atoms with Crippen molar-refractivity contribution in [2.75, 3.05) is 43.8 Å². The molecule has 1 saturated heterocycles. The lowest BCUT2D eigenvalue weighted by molar-refractivity contribution is -0.130. The van der Waals surface area contributed by atoms with Crippen LogP contribution in [0.2, 0.25) is 0 Å². The number of nitrogens with zero attached hydrogens (tertiary/aromatic N) is 2. The van der Waals surface area contributed by atoms with Gasteiger partial charge in [-0.15, -0.1) is 11.8 Å². The van der Waals surface area contributed by atoms with Crippen molar-refractivity contribution in [1.29, 1.82) is 0 Å². The molecule has 1 heterocycles. The van der Waals surface area contributed by atoms with Crippen molar-refractivity contribution in [2.45, 2.75) is 18.7 Å². The standard InChI is InChI=1S/C22H26BrN3O2S/c1-16-5-3-6-17(2)22(16)24-20(27)14-25-9-11-26(12-10-25)21(28)15-29-19-8-4-7-18(23)13-19/h3-8,13H,9-12,14-15H2,1-2H3,(H,24,27). The molecule has 2 aromatic rings. The molecule has 0 aromatic heterocycles. The number of benzene rings is 2. The van der Waals surface area contributed by atoms with Crippen LogP contribution in [-0.4, -0.2) is 60.1 Å². The molecule has 1 fully saturated rings. The van der Waals surface area contributed by atoms with E-state index < -0.39 is 0 Å². The highest BCUT2D eigenvalue weighted by atomic mass is 79.9.